The third-order valence-electron chi connectivity index (χ3n) is 3.03. The van der Waals surface area contributed by atoms with E-state index < -0.39 is 0 Å². The summed E-state index contributed by atoms with van der Waals surface area (Å²) in [5, 5.41) is 0. The first-order chi connectivity index (χ1) is 8.31. The van der Waals surface area contributed by atoms with Gasteiger partial charge < -0.3 is 9.64 Å². The number of nitrogens with zero attached hydrogens (tertiary/aromatic N) is 3. The number of hydrogen-bond acceptors (Lipinski definition) is 4. The van der Waals surface area contributed by atoms with Crippen LogP contribution in [0.2, 0.25) is 0 Å². The van der Waals surface area contributed by atoms with E-state index in [0.717, 1.165) is 23.5 Å². The van der Waals surface area contributed by atoms with Crippen LogP contribution in [0, 0.1) is 0 Å². The summed E-state index contributed by atoms with van der Waals surface area (Å²) in [4.78, 5) is 11.1. The molecule has 0 aliphatic carbocycles. The standard InChI is InChI=1S/C12H18BrN3O/c1-17-11-10(13)9-14-12(15-11)16-7-5-3-2-4-6-8-16/h9H,2-8H2,1H3. The molecule has 94 valence electrons. The van der Waals surface area contributed by atoms with Gasteiger partial charge in [0.2, 0.25) is 11.8 Å². The monoisotopic (exact) mass is 299 g/mol. The maximum atomic E-state index is 5.21. The fourth-order valence-corrected chi connectivity index (χ4v) is 2.44. The van der Waals surface area contributed by atoms with Gasteiger partial charge in [0, 0.05) is 13.1 Å². The van der Waals surface area contributed by atoms with Crippen molar-refractivity contribution in [1.29, 1.82) is 0 Å². The molecular formula is C12H18BrN3O. The Kier molecular flexibility index (Phi) is 4.59. The Morgan fingerprint density at radius 3 is 2.47 bits per heavy atom. The van der Waals surface area contributed by atoms with Gasteiger partial charge in [-0.3, -0.25) is 0 Å². The Bertz CT molecular complexity index is 365. The van der Waals surface area contributed by atoms with Gasteiger partial charge in [0.05, 0.1) is 17.8 Å². The lowest BCUT2D eigenvalue weighted by atomic mass is 10.1. The van der Waals surface area contributed by atoms with Crippen LogP contribution in [0.5, 0.6) is 5.88 Å². The molecule has 17 heavy (non-hydrogen) atoms. The van der Waals surface area contributed by atoms with Crippen molar-refractivity contribution in [3.8, 4) is 5.88 Å². The van der Waals surface area contributed by atoms with E-state index in [-0.39, 0.29) is 0 Å². The Morgan fingerprint density at radius 2 is 1.82 bits per heavy atom. The van der Waals surface area contributed by atoms with Gasteiger partial charge in [0.15, 0.2) is 0 Å². The van der Waals surface area contributed by atoms with E-state index in [1.807, 2.05) is 0 Å². The summed E-state index contributed by atoms with van der Waals surface area (Å²) in [6.45, 7) is 2.09. The molecule has 5 heteroatoms. The molecular weight excluding hydrogens is 282 g/mol. The number of halogens is 1. The maximum Gasteiger partial charge on any atom is 0.232 e. The van der Waals surface area contributed by atoms with Crippen LogP contribution in [0.4, 0.5) is 5.95 Å². The number of methoxy groups -OCH3 is 1. The third kappa shape index (κ3) is 3.31. The van der Waals surface area contributed by atoms with Crippen LogP contribution in [-0.2, 0) is 0 Å². The normalized spacial score (nSPS) is 17.4. The van der Waals surface area contributed by atoms with Crippen molar-refractivity contribution in [3.05, 3.63) is 10.7 Å². The number of ether oxygens (including phenoxy) is 1. The minimum Gasteiger partial charge on any atom is -0.480 e. The Labute approximate surface area is 111 Å². The second-order valence-corrected chi connectivity index (χ2v) is 5.14. The van der Waals surface area contributed by atoms with Gasteiger partial charge >= 0.3 is 0 Å². The molecule has 0 bridgehead atoms. The molecule has 1 aliphatic heterocycles. The number of anilines is 1. The second kappa shape index (κ2) is 6.19. The average molecular weight is 300 g/mol. The molecule has 1 fully saturated rings. The van der Waals surface area contributed by atoms with Crippen molar-refractivity contribution < 1.29 is 4.74 Å². The lowest BCUT2D eigenvalue weighted by Crippen LogP contribution is -2.28. The van der Waals surface area contributed by atoms with E-state index in [4.69, 9.17) is 4.74 Å². The predicted octanol–water partition coefficient (Wildman–Crippen LogP) is 3.02. The van der Waals surface area contributed by atoms with Crippen molar-refractivity contribution in [2.24, 2.45) is 0 Å². The molecule has 4 nitrogen and oxygen atoms in total. The van der Waals surface area contributed by atoms with Gasteiger partial charge in [-0.15, -0.1) is 0 Å². The van der Waals surface area contributed by atoms with Gasteiger partial charge in [-0.25, -0.2) is 4.98 Å². The first-order valence-electron chi connectivity index (χ1n) is 6.13. The van der Waals surface area contributed by atoms with Crippen molar-refractivity contribution in [3.63, 3.8) is 0 Å². The van der Waals surface area contributed by atoms with Crippen molar-refractivity contribution in [2.45, 2.75) is 32.1 Å². The smallest absolute Gasteiger partial charge is 0.232 e. The average Bonchev–Trinajstić information content (AvgIpc) is 2.30. The van der Waals surface area contributed by atoms with E-state index >= 15 is 0 Å². The van der Waals surface area contributed by atoms with Crippen LogP contribution in [0.15, 0.2) is 10.7 Å². The molecule has 1 aliphatic rings. The van der Waals surface area contributed by atoms with Crippen LogP contribution < -0.4 is 9.64 Å². The molecule has 0 N–H and O–H groups in total. The van der Waals surface area contributed by atoms with Gasteiger partial charge in [-0.05, 0) is 28.8 Å². The minimum absolute atomic E-state index is 0.608. The van der Waals surface area contributed by atoms with E-state index in [2.05, 4.69) is 30.8 Å². The fourth-order valence-electron chi connectivity index (χ4n) is 2.09. The Hall–Kier alpha value is -0.840. The summed E-state index contributed by atoms with van der Waals surface area (Å²) >= 11 is 3.37. The first-order valence-corrected chi connectivity index (χ1v) is 6.92. The fraction of sp³-hybridized carbons (Fsp3) is 0.667. The lowest BCUT2D eigenvalue weighted by molar-refractivity contribution is 0.393. The molecule has 0 saturated carbocycles. The quantitative estimate of drug-likeness (QED) is 0.841. The minimum atomic E-state index is 0.608. The van der Waals surface area contributed by atoms with Gasteiger partial charge in [0.25, 0.3) is 0 Å². The van der Waals surface area contributed by atoms with E-state index in [0.29, 0.717) is 5.88 Å². The van der Waals surface area contributed by atoms with Crippen molar-refractivity contribution in [2.75, 3.05) is 25.1 Å². The highest BCUT2D eigenvalue weighted by atomic mass is 79.9. The van der Waals surface area contributed by atoms with E-state index in [1.165, 1.54) is 32.1 Å². The largest absolute Gasteiger partial charge is 0.480 e. The van der Waals surface area contributed by atoms with Crippen LogP contribution in [0.3, 0.4) is 0 Å². The molecule has 1 aromatic rings. The molecule has 0 radical (unpaired) electrons. The molecule has 0 aromatic carbocycles. The van der Waals surface area contributed by atoms with Crippen molar-refractivity contribution in [1.82, 2.24) is 9.97 Å². The zero-order chi connectivity index (χ0) is 12.1. The molecule has 2 heterocycles. The van der Waals surface area contributed by atoms with Crippen LogP contribution >= 0.6 is 15.9 Å². The van der Waals surface area contributed by atoms with Gasteiger partial charge in [-0.2, -0.15) is 4.98 Å². The maximum absolute atomic E-state index is 5.21. The van der Waals surface area contributed by atoms with Crippen molar-refractivity contribution >= 4 is 21.9 Å². The molecule has 0 unspecified atom stereocenters. The molecule has 0 amide bonds. The SMILES string of the molecule is COc1nc(N2CCCCCCC2)ncc1Br. The van der Waals surface area contributed by atoms with Gasteiger partial charge in [-0.1, -0.05) is 19.3 Å². The molecule has 0 atom stereocenters. The summed E-state index contributed by atoms with van der Waals surface area (Å²) in [5.41, 5.74) is 0. The van der Waals surface area contributed by atoms with Crippen LogP contribution in [0.25, 0.3) is 0 Å². The van der Waals surface area contributed by atoms with Gasteiger partial charge in [0.1, 0.15) is 0 Å². The first kappa shape index (κ1) is 12.6. The molecule has 2 rings (SSSR count). The van der Waals surface area contributed by atoms with Crippen LogP contribution in [-0.4, -0.2) is 30.2 Å². The summed E-state index contributed by atoms with van der Waals surface area (Å²) in [6, 6.07) is 0. The van der Waals surface area contributed by atoms with E-state index in [1.54, 1.807) is 13.3 Å². The van der Waals surface area contributed by atoms with E-state index in [9.17, 15) is 0 Å². The highest BCUT2D eigenvalue weighted by molar-refractivity contribution is 9.10. The summed E-state index contributed by atoms with van der Waals surface area (Å²) in [6.07, 6.45) is 8.19. The molecule has 1 aromatic heterocycles. The Morgan fingerprint density at radius 1 is 1.18 bits per heavy atom. The molecule has 1 saturated heterocycles. The zero-order valence-electron chi connectivity index (χ0n) is 10.2. The summed E-state index contributed by atoms with van der Waals surface area (Å²) < 4.78 is 6.01. The predicted molar refractivity (Wildman–Crippen MR) is 71.6 cm³/mol. The molecule has 0 spiro atoms. The topological polar surface area (TPSA) is 38.2 Å². The second-order valence-electron chi connectivity index (χ2n) is 4.28. The number of hydrogen-bond donors (Lipinski definition) is 0. The zero-order valence-corrected chi connectivity index (χ0v) is 11.7. The lowest BCUT2D eigenvalue weighted by Gasteiger charge is -2.24. The summed E-state index contributed by atoms with van der Waals surface area (Å²) in [7, 11) is 1.63. The number of rotatable bonds is 2. The highest BCUT2D eigenvalue weighted by Gasteiger charge is 2.13. The third-order valence-corrected chi connectivity index (χ3v) is 3.58. The highest BCUT2D eigenvalue weighted by Crippen LogP contribution is 2.24. The summed E-state index contributed by atoms with van der Waals surface area (Å²) in [5.74, 6) is 1.39. The Balaban J connectivity index is 2.13. The van der Waals surface area contributed by atoms with Crippen LogP contribution in [0.1, 0.15) is 32.1 Å². The number of aromatic nitrogens is 2.